The molecule has 1 aromatic carbocycles. The second-order valence-electron chi connectivity index (χ2n) is 9.97. The number of fused-ring (bicyclic) bond motifs is 2. The Kier molecular flexibility index (Phi) is 8.66. The minimum absolute atomic E-state index is 0.179. The number of nitrogen functional groups attached to an aromatic ring is 1. The number of hydrogen-bond acceptors (Lipinski definition) is 12. The van der Waals surface area contributed by atoms with Gasteiger partial charge < -0.3 is 29.6 Å². The first-order valence-corrected chi connectivity index (χ1v) is 14.7. The van der Waals surface area contributed by atoms with Gasteiger partial charge in [-0.15, -0.1) is 0 Å². The van der Waals surface area contributed by atoms with Crippen molar-refractivity contribution in [1.29, 1.82) is 0 Å². The van der Waals surface area contributed by atoms with Crippen LogP contribution in [0.1, 0.15) is 39.0 Å². The number of aryl methyl sites for hydroxylation is 1. The van der Waals surface area contributed by atoms with Crippen molar-refractivity contribution in [3.8, 4) is 11.5 Å². The van der Waals surface area contributed by atoms with Gasteiger partial charge in [-0.3, -0.25) is 19.3 Å². The molecule has 218 valence electrons. The van der Waals surface area contributed by atoms with E-state index in [1.54, 1.807) is 6.92 Å². The number of anilines is 1. The third-order valence-corrected chi connectivity index (χ3v) is 9.21. The maximum atomic E-state index is 12.1. The largest absolute Gasteiger partial charge is 0.481 e. The Hall–Kier alpha value is -3.43. The molecule has 0 radical (unpaired) electrons. The van der Waals surface area contributed by atoms with E-state index >= 15 is 0 Å². The van der Waals surface area contributed by atoms with E-state index in [1.165, 1.54) is 18.1 Å². The monoisotopic (exact) mass is 648 g/mol. The fourth-order valence-electron chi connectivity index (χ4n) is 4.92. The number of aliphatic carboxylic acids is 1. The lowest BCUT2D eigenvalue weighted by Gasteiger charge is -2.40. The molecular formula is C26H29BrN6O7S. The first-order valence-electron chi connectivity index (χ1n) is 13.1. The molecule has 1 atom stereocenters. The Morgan fingerprint density at radius 3 is 2.68 bits per heavy atom. The molecule has 4 heterocycles. The number of aldehydes is 1. The molecule has 3 N–H and O–H groups in total. The van der Waals surface area contributed by atoms with Crippen molar-refractivity contribution in [1.82, 2.24) is 24.4 Å². The number of hydrogen-bond donors (Lipinski definition) is 2. The summed E-state index contributed by atoms with van der Waals surface area (Å²) in [5.41, 5.74) is 5.88. The zero-order valence-electron chi connectivity index (χ0n) is 22.2. The van der Waals surface area contributed by atoms with E-state index in [2.05, 4.69) is 25.9 Å². The van der Waals surface area contributed by atoms with Gasteiger partial charge in [-0.1, -0.05) is 11.8 Å². The molecule has 2 aliphatic rings. The molecule has 2 aromatic heterocycles. The van der Waals surface area contributed by atoms with Crippen LogP contribution in [0.5, 0.6) is 11.5 Å². The molecule has 5 rings (SSSR count). The number of rotatable bonds is 11. The van der Waals surface area contributed by atoms with Gasteiger partial charge >= 0.3 is 11.9 Å². The maximum Gasteiger partial charge on any atom is 0.308 e. The van der Waals surface area contributed by atoms with Crippen molar-refractivity contribution in [2.75, 3.05) is 25.6 Å². The first kappa shape index (κ1) is 29.1. The number of carbonyl (C=O) groups is 3. The van der Waals surface area contributed by atoms with Gasteiger partial charge in [0, 0.05) is 29.0 Å². The fourth-order valence-corrected chi connectivity index (χ4v) is 6.43. The number of esters is 1. The number of piperidine rings is 1. The van der Waals surface area contributed by atoms with Crippen LogP contribution in [0.25, 0.3) is 11.2 Å². The van der Waals surface area contributed by atoms with E-state index in [1.807, 2.05) is 21.6 Å². The molecule has 0 aliphatic carbocycles. The smallest absolute Gasteiger partial charge is 0.308 e. The number of nitrogens with two attached hydrogens (primary N) is 1. The highest BCUT2D eigenvalue weighted by molar-refractivity contribution is 9.10. The van der Waals surface area contributed by atoms with Crippen molar-refractivity contribution in [2.45, 2.75) is 61.3 Å². The molecule has 13 nitrogen and oxygen atoms in total. The van der Waals surface area contributed by atoms with E-state index in [0.717, 1.165) is 28.6 Å². The van der Waals surface area contributed by atoms with Gasteiger partial charge in [0.15, 0.2) is 39.9 Å². The predicted molar refractivity (Wildman–Crippen MR) is 150 cm³/mol. The Morgan fingerprint density at radius 1 is 1.24 bits per heavy atom. The number of nitrogens with zero attached hydrogens (tertiary/aromatic N) is 5. The molecule has 41 heavy (non-hydrogen) atoms. The molecule has 0 amide bonds. The average Bonchev–Trinajstić information content (AvgIpc) is 3.55. The van der Waals surface area contributed by atoms with Crippen LogP contribution >= 0.6 is 27.7 Å². The van der Waals surface area contributed by atoms with E-state index in [4.69, 9.17) is 30.0 Å². The molecule has 0 saturated carbocycles. The number of carboxylic acids is 1. The number of likely N-dealkylation sites (tertiary alicyclic amines) is 1. The van der Waals surface area contributed by atoms with Crippen LogP contribution in [0.2, 0.25) is 0 Å². The fraction of sp³-hybridized carbons (Fsp3) is 0.462. The lowest BCUT2D eigenvalue weighted by molar-refractivity contribution is -0.184. The van der Waals surface area contributed by atoms with E-state index in [0.29, 0.717) is 65.5 Å². The van der Waals surface area contributed by atoms with Crippen LogP contribution in [-0.2, 0) is 25.7 Å². The highest BCUT2D eigenvalue weighted by Crippen LogP contribution is 2.43. The maximum absolute atomic E-state index is 12.1. The molecule has 3 aromatic rings. The molecule has 0 spiro atoms. The minimum atomic E-state index is -1.43. The minimum Gasteiger partial charge on any atom is -0.481 e. The molecular weight excluding hydrogens is 620 g/mol. The molecule has 0 bridgehead atoms. The van der Waals surface area contributed by atoms with Gasteiger partial charge in [0.05, 0.1) is 12.8 Å². The van der Waals surface area contributed by atoms with Crippen molar-refractivity contribution < 1.29 is 33.7 Å². The summed E-state index contributed by atoms with van der Waals surface area (Å²) in [5.74, 6) is 0.185. The molecule has 1 saturated heterocycles. The van der Waals surface area contributed by atoms with Gasteiger partial charge in [-0.25, -0.2) is 15.0 Å². The Morgan fingerprint density at radius 2 is 1.98 bits per heavy atom. The van der Waals surface area contributed by atoms with Gasteiger partial charge in [0.1, 0.15) is 6.33 Å². The summed E-state index contributed by atoms with van der Waals surface area (Å²) in [7, 11) is 0. The number of halogens is 1. The van der Waals surface area contributed by atoms with Gasteiger partial charge in [0.25, 0.3) is 0 Å². The van der Waals surface area contributed by atoms with Crippen LogP contribution in [0.4, 0.5) is 5.82 Å². The third-order valence-electron chi connectivity index (χ3n) is 7.24. The normalized spacial score (nSPS) is 16.9. The number of ether oxygens (including phenoxy) is 3. The summed E-state index contributed by atoms with van der Waals surface area (Å²) in [5, 5.41) is 9.52. The molecule has 15 heteroatoms. The highest BCUT2D eigenvalue weighted by Gasteiger charge is 2.38. The van der Waals surface area contributed by atoms with Crippen LogP contribution in [0, 0.1) is 5.92 Å². The summed E-state index contributed by atoms with van der Waals surface area (Å²) in [6, 6.07) is 3.78. The zero-order chi connectivity index (χ0) is 29.1. The lowest BCUT2D eigenvalue weighted by atomic mass is 9.92. The van der Waals surface area contributed by atoms with Crippen LogP contribution in [-0.4, -0.2) is 73.4 Å². The summed E-state index contributed by atoms with van der Waals surface area (Å²) < 4.78 is 19.3. The van der Waals surface area contributed by atoms with Crippen molar-refractivity contribution >= 4 is 62.9 Å². The van der Waals surface area contributed by atoms with Gasteiger partial charge in [-0.05, 0) is 60.2 Å². The third kappa shape index (κ3) is 6.41. The van der Waals surface area contributed by atoms with Gasteiger partial charge in [0.2, 0.25) is 12.5 Å². The molecule has 2 aliphatic heterocycles. The second-order valence-corrected chi connectivity index (χ2v) is 11.8. The quantitative estimate of drug-likeness (QED) is 0.229. The average molecular weight is 650 g/mol. The number of benzene rings is 1. The summed E-state index contributed by atoms with van der Waals surface area (Å²) in [6.45, 7) is 3.46. The van der Waals surface area contributed by atoms with Crippen LogP contribution < -0.4 is 15.2 Å². The standard InChI is InChI=1S/C26H29BrN6O7S/c1-26(12-34,40-21(37)3-2-20(35)36)32-7-4-15(5-8-32)6-9-33-24-22(23(28)29-13-30-24)31-25(33)41-19-11-18-17(10-16(19)27)38-14-39-18/h10-13,15H,2-9,14H2,1H3,(H,35,36)(H2,28,29,30)/t26-/m0/s1. The SMILES string of the molecule is C[C@@](C=O)(OC(=O)CCC(=O)O)N1CCC(CCn2c(Sc3cc4c(cc3Br)OCO4)nc3c(N)ncnc32)CC1. The Labute approximate surface area is 247 Å². The van der Waals surface area contributed by atoms with Crippen molar-refractivity contribution in [3.63, 3.8) is 0 Å². The topological polar surface area (TPSA) is 172 Å². The van der Waals surface area contributed by atoms with Crippen LogP contribution in [0.3, 0.4) is 0 Å². The Balaban J connectivity index is 1.26. The highest BCUT2D eigenvalue weighted by atomic mass is 79.9. The summed E-state index contributed by atoms with van der Waals surface area (Å²) in [4.78, 5) is 50.8. The predicted octanol–water partition coefficient (Wildman–Crippen LogP) is 3.48. The molecule has 0 unspecified atom stereocenters. The second kappa shape index (κ2) is 12.2. The lowest BCUT2D eigenvalue weighted by Crippen LogP contribution is -2.54. The van der Waals surface area contributed by atoms with E-state index in [9.17, 15) is 14.4 Å². The number of aromatic nitrogens is 4. The van der Waals surface area contributed by atoms with Crippen LogP contribution in [0.15, 0.2) is 33.0 Å². The molecule has 1 fully saturated rings. The van der Waals surface area contributed by atoms with Crippen molar-refractivity contribution in [3.05, 3.63) is 22.9 Å². The van der Waals surface area contributed by atoms with Gasteiger partial charge in [-0.2, -0.15) is 0 Å². The zero-order valence-corrected chi connectivity index (χ0v) is 24.6. The van der Waals surface area contributed by atoms with Crippen molar-refractivity contribution in [2.24, 2.45) is 5.92 Å². The summed E-state index contributed by atoms with van der Waals surface area (Å²) in [6.07, 6.45) is 3.80. The number of carboxylic acid groups (broad SMARTS) is 1. The Bertz CT molecular complexity index is 1480. The first-order chi connectivity index (χ1) is 19.7. The number of imidazole rings is 1. The van der Waals surface area contributed by atoms with E-state index < -0.39 is 17.7 Å². The summed E-state index contributed by atoms with van der Waals surface area (Å²) >= 11 is 5.08. The number of carbonyl (C=O) groups excluding carboxylic acids is 2. The van der Waals surface area contributed by atoms with E-state index in [-0.39, 0.29) is 19.6 Å².